The van der Waals surface area contributed by atoms with Crippen molar-refractivity contribution in [2.45, 2.75) is 0 Å². The average molecular weight is 369 g/mol. The van der Waals surface area contributed by atoms with Crippen molar-refractivity contribution >= 4 is 43.2 Å². The Morgan fingerprint density at radius 2 is 1.67 bits per heavy atom. The van der Waals surface area contributed by atoms with Gasteiger partial charge in [-0.05, 0) is 52.3 Å². The third kappa shape index (κ3) is 4.57. The lowest BCUT2D eigenvalue weighted by molar-refractivity contribution is 0.102. The van der Waals surface area contributed by atoms with Crippen LogP contribution in [0.25, 0.3) is 0 Å². The van der Waals surface area contributed by atoms with E-state index in [-0.39, 0.29) is 5.91 Å². The summed E-state index contributed by atoms with van der Waals surface area (Å²) >= 11 is 3.35. The summed E-state index contributed by atoms with van der Waals surface area (Å²) in [7, 11) is -3.32. The van der Waals surface area contributed by atoms with Gasteiger partial charge in [-0.15, -0.1) is 0 Å². The Hall–Kier alpha value is -1.86. The van der Waals surface area contributed by atoms with Crippen molar-refractivity contribution in [2.24, 2.45) is 0 Å². The maximum atomic E-state index is 12.1. The van der Waals surface area contributed by atoms with E-state index in [0.717, 1.165) is 10.7 Å². The fourth-order valence-electron chi connectivity index (χ4n) is 1.66. The van der Waals surface area contributed by atoms with Gasteiger partial charge in [-0.25, -0.2) is 8.42 Å². The van der Waals surface area contributed by atoms with Gasteiger partial charge in [0.05, 0.1) is 11.9 Å². The second kappa shape index (κ2) is 6.28. The molecule has 0 fully saturated rings. The molecule has 1 amide bonds. The molecular weight excluding hydrogens is 356 g/mol. The van der Waals surface area contributed by atoms with Crippen LogP contribution in [0.3, 0.4) is 0 Å². The van der Waals surface area contributed by atoms with Gasteiger partial charge in [0, 0.05) is 15.7 Å². The van der Waals surface area contributed by atoms with E-state index in [1.165, 1.54) is 12.1 Å². The van der Waals surface area contributed by atoms with Crippen LogP contribution in [0.2, 0.25) is 0 Å². The first-order valence-electron chi connectivity index (χ1n) is 5.99. The van der Waals surface area contributed by atoms with Gasteiger partial charge in [0.2, 0.25) is 10.0 Å². The van der Waals surface area contributed by atoms with Crippen molar-refractivity contribution in [1.29, 1.82) is 0 Å². The largest absolute Gasteiger partial charge is 0.321 e. The highest BCUT2D eigenvalue weighted by atomic mass is 79.9. The molecule has 2 aromatic rings. The zero-order chi connectivity index (χ0) is 15.5. The van der Waals surface area contributed by atoms with Crippen molar-refractivity contribution < 1.29 is 13.2 Å². The molecule has 0 spiro atoms. The molecule has 0 saturated carbocycles. The first-order chi connectivity index (χ1) is 9.85. The van der Waals surface area contributed by atoms with Crippen LogP contribution in [0.1, 0.15) is 10.4 Å². The molecule has 2 aromatic carbocycles. The molecule has 0 atom stereocenters. The SMILES string of the molecule is CS(=O)(=O)Nc1ccc(C(=O)Nc2ccccc2Br)cc1. The molecule has 0 heterocycles. The second-order valence-corrected chi connectivity index (χ2v) is 6.99. The van der Waals surface area contributed by atoms with Crippen LogP contribution < -0.4 is 10.0 Å². The zero-order valence-electron chi connectivity index (χ0n) is 11.1. The van der Waals surface area contributed by atoms with Crippen LogP contribution in [0.15, 0.2) is 53.0 Å². The Bertz CT molecular complexity index is 758. The second-order valence-electron chi connectivity index (χ2n) is 4.39. The van der Waals surface area contributed by atoms with Crippen molar-refractivity contribution in [3.05, 3.63) is 58.6 Å². The Labute approximate surface area is 131 Å². The lowest BCUT2D eigenvalue weighted by atomic mass is 10.2. The Balaban J connectivity index is 2.12. The number of carbonyl (C=O) groups excluding carboxylic acids is 1. The van der Waals surface area contributed by atoms with Gasteiger partial charge in [0.1, 0.15) is 0 Å². The molecule has 0 aliphatic rings. The molecule has 0 aliphatic carbocycles. The van der Waals surface area contributed by atoms with E-state index < -0.39 is 10.0 Å². The van der Waals surface area contributed by atoms with Gasteiger partial charge < -0.3 is 5.32 Å². The third-order valence-electron chi connectivity index (χ3n) is 2.57. The molecule has 0 radical (unpaired) electrons. The molecule has 0 saturated heterocycles. The summed E-state index contributed by atoms with van der Waals surface area (Å²) in [6.07, 6.45) is 1.07. The molecule has 0 bridgehead atoms. The summed E-state index contributed by atoms with van der Waals surface area (Å²) in [5, 5.41) is 2.77. The zero-order valence-corrected chi connectivity index (χ0v) is 13.5. The highest BCUT2D eigenvalue weighted by Crippen LogP contribution is 2.22. The number of rotatable bonds is 4. The molecule has 5 nitrogen and oxygen atoms in total. The molecule has 0 unspecified atom stereocenters. The van der Waals surface area contributed by atoms with Gasteiger partial charge in [0.15, 0.2) is 0 Å². The van der Waals surface area contributed by atoms with E-state index in [1.807, 2.05) is 18.2 Å². The number of para-hydroxylation sites is 1. The predicted octanol–water partition coefficient (Wildman–Crippen LogP) is 3.07. The first-order valence-corrected chi connectivity index (χ1v) is 8.67. The molecule has 0 aromatic heterocycles. The quantitative estimate of drug-likeness (QED) is 0.870. The van der Waals surface area contributed by atoms with Crippen LogP contribution in [0.5, 0.6) is 0 Å². The summed E-state index contributed by atoms with van der Waals surface area (Å²) in [6, 6.07) is 13.5. The molecule has 2 N–H and O–H groups in total. The Morgan fingerprint density at radius 1 is 1.05 bits per heavy atom. The summed E-state index contributed by atoms with van der Waals surface area (Å²) in [5.41, 5.74) is 1.51. The maximum absolute atomic E-state index is 12.1. The van der Waals surface area contributed by atoms with E-state index in [1.54, 1.807) is 18.2 Å². The number of benzene rings is 2. The lowest BCUT2D eigenvalue weighted by Gasteiger charge is -2.08. The van der Waals surface area contributed by atoms with Gasteiger partial charge in [-0.2, -0.15) is 0 Å². The number of amides is 1. The van der Waals surface area contributed by atoms with Gasteiger partial charge in [-0.1, -0.05) is 12.1 Å². The summed E-state index contributed by atoms with van der Waals surface area (Å²) in [6.45, 7) is 0. The van der Waals surface area contributed by atoms with Gasteiger partial charge in [0.25, 0.3) is 5.91 Å². The van der Waals surface area contributed by atoms with Crippen LogP contribution in [-0.2, 0) is 10.0 Å². The van der Waals surface area contributed by atoms with Crippen molar-refractivity contribution in [3.63, 3.8) is 0 Å². The summed E-state index contributed by atoms with van der Waals surface area (Å²) in [4.78, 5) is 12.1. The number of hydrogen-bond acceptors (Lipinski definition) is 3. The van der Waals surface area contributed by atoms with E-state index in [0.29, 0.717) is 16.9 Å². The topological polar surface area (TPSA) is 75.3 Å². The minimum atomic E-state index is -3.32. The molecule has 110 valence electrons. The number of sulfonamides is 1. The smallest absolute Gasteiger partial charge is 0.255 e. The molecular formula is C14H13BrN2O3S. The number of nitrogens with one attached hydrogen (secondary N) is 2. The van der Waals surface area contributed by atoms with E-state index in [2.05, 4.69) is 26.0 Å². The fourth-order valence-corrected chi connectivity index (χ4v) is 2.61. The van der Waals surface area contributed by atoms with Crippen LogP contribution in [0.4, 0.5) is 11.4 Å². The van der Waals surface area contributed by atoms with Crippen molar-refractivity contribution in [2.75, 3.05) is 16.3 Å². The van der Waals surface area contributed by atoms with Crippen LogP contribution in [-0.4, -0.2) is 20.6 Å². The van der Waals surface area contributed by atoms with E-state index >= 15 is 0 Å². The first kappa shape index (κ1) is 15.5. The predicted molar refractivity (Wildman–Crippen MR) is 87.0 cm³/mol. The Morgan fingerprint density at radius 3 is 2.24 bits per heavy atom. The molecule has 0 aliphatic heterocycles. The standard InChI is InChI=1S/C14H13BrN2O3S/c1-21(19,20)17-11-8-6-10(7-9-11)14(18)16-13-5-3-2-4-12(13)15/h2-9,17H,1H3,(H,16,18). The highest BCUT2D eigenvalue weighted by molar-refractivity contribution is 9.10. The van der Waals surface area contributed by atoms with Gasteiger partial charge >= 0.3 is 0 Å². The maximum Gasteiger partial charge on any atom is 0.255 e. The minimum absolute atomic E-state index is 0.271. The molecule has 2 rings (SSSR count). The number of anilines is 2. The fraction of sp³-hybridized carbons (Fsp3) is 0.0714. The van der Waals surface area contributed by atoms with Crippen molar-refractivity contribution in [1.82, 2.24) is 0 Å². The summed E-state index contributed by atoms with van der Waals surface area (Å²) < 4.78 is 25.3. The third-order valence-corrected chi connectivity index (χ3v) is 3.87. The minimum Gasteiger partial charge on any atom is -0.321 e. The average Bonchev–Trinajstić information content (AvgIpc) is 2.40. The lowest BCUT2D eigenvalue weighted by Crippen LogP contribution is -2.13. The number of carbonyl (C=O) groups is 1. The Kier molecular flexibility index (Phi) is 4.64. The number of hydrogen-bond donors (Lipinski definition) is 2. The van der Waals surface area contributed by atoms with Gasteiger partial charge in [-0.3, -0.25) is 9.52 Å². The summed E-state index contributed by atoms with van der Waals surface area (Å²) in [5.74, 6) is -0.271. The monoisotopic (exact) mass is 368 g/mol. The molecule has 21 heavy (non-hydrogen) atoms. The van der Waals surface area contributed by atoms with Crippen molar-refractivity contribution in [3.8, 4) is 0 Å². The van der Waals surface area contributed by atoms with Crippen LogP contribution in [0, 0.1) is 0 Å². The highest BCUT2D eigenvalue weighted by Gasteiger charge is 2.08. The molecule has 7 heteroatoms. The number of halogens is 1. The van der Waals surface area contributed by atoms with Crippen LogP contribution >= 0.6 is 15.9 Å². The van der Waals surface area contributed by atoms with E-state index in [9.17, 15) is 13.2 Å². The van der Waals surface area contributed by atoms with E-state index in [4.69, 9.17) is 0 Å². The normalized spacial score (nSPS) is 11.0.